The highest BCUT2D eigenvalue weighted by Gasteiger charge is 2.25. The van der Waals surface area contributed by atoms with Crippen LogP contribution in [0.2, 0.25) is 0 Å². The number of aliphatic hydroxyl groups excluding tert-OH is 2. The highest BCUT2D eigenvalue weighted by Crippen LogP contribution is 2.21. The van der Waals surface area contributed by atoms with E-state index >= 15 is 0 Å². The molecule has 0 bridgehead atoms. The van der Waals surface area contributed by atoms with Crippen LogP contribution in [0.1, 0.15) is 13.3 Å². The number of hydrogen-bond acceptors (Lipinski definition) is 3. The third-order valence-electron chi connectivity index (χ3n) is 1.87. The summed E-state index contributed by atoms with van der Waals surface area (Å²) in [6.07, 6.45) is 1.54. The molecule has 1 aliphatic rings. The van der Waals surface area contributed by atoms with Gasteiger partial charge in [-0.3, -0.25) is 0 Å². The summed E-state index contributed by atoms with van der Waals surface area (Å²) in [6, 6.07) is -0.0987. The predicted molar refractivity (Wildman–Crippen MR) is 38.5 cm³/mol. The molecule has 4 N–H and O–H groups in total. The van der Waals surface area contributed by atoms with E-state index in [0.29, 0.717) is 0 Å². The van der Waals surface area contributed by atoms with Gasteiger partial charge < -0.3 is 15.9 Å². The first-order chi connectivity index (χ1) is 4.61. The third kappa shape index (κ3) is 1.30. The summed E-state index contributed by atoms with van der Waals surface area (Å²) in [7, 11) is 0. The van der Waals surface area contributed by atoms with Crippen molar-refractivity contribution in [2.75, 3.05) is 0 Å². The average molecular weight is 143 g/mol. The Morgan fingerprint density at radius 3 is 2.80 bits per heavy atom. The average Bonchev–Trinajstić information content (AvgIpc) is 1.82. The van der Waals surface area contributed by atoms with E-state index in [4.69, 9.17) is 10.8 Å². The van der Waals surface area contributed by atoms with Gasteiger partial charge in [0, 0.05) is 6.04 Å². The summed E-state index contributed by atoms with van der Waals surface area (Å²) in [5.41, 5.74) is 5.53. The second-order valence-corrected chi connectivity index (χ2v) is 2.91. The molecular weight excluding hydrogens is 130 g/mol. The Labute approximate surface area is 60.2 Å². The highest BCUT2D eigenvalue weighted by molar-refractivity contribution is 5.09. The Hall–Kier alpha value is -0.540. The lowest BCUT2D eigenvalue weighted by atomic mass is 9.89. The number of rotatable bonds is 0. The third-order valence-corrected chi connectivity index (χ3v) is 1.87. The standard InChI is InChI=1S/C7H13NO2/c1-4-2-5(8)3-6(9)7(4)10/h3-5,7,9-10H,2,8H2,1H3. The summed E-state index contributed by atoms with van der Waals surface area (Å²) in [5.74, 6) is 0.0891. The van der Waals surface area contributed by atoms with E-state index in [0.717, 1.165) is 6.42 Å². The molecule has 58 valence electrons. The summed E-state index contributed by atoms with van der Waals surface area (Å²) in [6.45, 7) is 1.87. The Bertz CT molecular complexity index is 156. The molecule has 0 saturated heterocycles. The van der Waals surface area contributed by atoms with E-state index in [1.165, 1.54) is 6.08 Å². The quantitative estimate of drug-likeness (QED) is 0.452. The van der Waals surface area contributed by atoms with Gasteiger partial charge in [-0.2, -0.15) is 0 Å². The largest absolute Gasteiger partial charge is 0.510 e. The molecule has 0 aromatic carbocycles. The fourth-order valence-corrected chi connectivity index (χ4v) is 1.24. The maximum Gasteiger partial charge on any atom is 0.119 e. The van der Waals surface area contributed by atoms with Crippen LogP contribution in [0.15, 0.2) is 11.8 Å². The van der Waals surface area contributed by atoms with E-state index in [2.05, 4.69) is 0 Å². The van der Waals surface area contributed by atoms with E-state index in [1.807, 2.05) is 6.92 Å². The van der Waals surface area contributed by atoms with Gasteiger partial charge in [-0.05, 0) is 18.4 Å². The smallest absolute Gasteiger partial charge is 0.119 e. The zero-order valence-electron chi connectivity index (χ0n) is 5.99. The van der Waals surface area contributed by atoms with Crippen LogP contribution in [-0.4, -0.2) is 22.4 Å². The molecule has 0 aliphatic heterocycles. The topological polar surface area (TPSA) is 66.5 Å². The van der Waals surface area contributed by atoms with Crippen molar-refractivity contribution in [1.82, 2.24) is 0 Å². The molecule has 3 atom stereocenters. The van der Waals surface area contributed by atoms with Gasteiger partial charge >= 0.3 is 0 Å². The Balaban J connectivity index is 2.71. The minimum Gasteiger partial charge on any atom is -0.510 e. The fraction of sp³-hybridized carbons (Fsp3) is 0.714. The second-order valence-electron chi connectivity index (χ2n) is 2.91. The lowest BCUT2D eigenvalue weighted by Gasteiger charge is -2.25. The van der Waals surface area contributed by atoms with Crippen molar-refractivity contribution < 1.29 is 10.2 Å². The molecule has 0 amide bonds. The SMILES string of the molecule is CC1CC(N)C=C(O)C1O. The first-order valence-corrected chi connectivity index (χ1v) is 3.45. The van der Waals surface area contributed by atoms with Crippen LogP contribution >= 0.6 is 0 Å². The number of hydrogen-bond donors (Lipinski definition) is 3. The molecular formula is C7H13NO2. The van der Waals surface area contributed by atoms with Crippen LogP contribution in [0.5, 0.6) is 0 Å². The Kier molecular flexibility index (Phi) is 1.97. The van der Waals surface area contributed by atoms with Crippen LogP contribution in [0.25, 0.3) is 0 Å². The Morgan fingerprint density at radius 1 is 1.70 bits per heavy atom. The molecule has 3 heteroatoms. The maximum absolute atomic E-state index is 9.19. The molecule has 3 nitrogen and oxygen atoms in total. The summed E-state index contributed by atoms with van der Waals surface area (Å²) < 4.78 is 0. The summed E-state index contributed by atoms with van der Waals surface area (Å²) >= 11 is 0. The second kappa shape index (κ2) is 2.60. The van der Waals surface area contributed by atoms with Crippen molar-refractivity contribution in [2.24, 2.45) is 11.7 Å². The van der Waals surface area contributed by atoms with Crippen LogP contribution in [0, 0.1) is 5.92 Å². The normalized spacial score (nSPS) is 41.1. The van der Waals surface area contributed by atoms with Gasteiger partial charge in [-0.1, -0.05) is 6.92 Å². The predicted octanol–water partition coefficient (Wildman–Crippen LogP) is 0.156. The van der Waals surface area contributed by atoms with Gasteiger partial charge in [0.25, 0.3) is 0 Å². The molecule has 1 rings (SSSR count). The van der Waals surface area contributed by atoms with Gasteiger partial charge in [-0.25, -0.2) is 0 Å². The first-order valence-electron chi connectivity index (χ1n) is 3.45. The summed E-state index contributed by atoms with van der Waals surface area (Å²) in [4.78, 5) is 0. The number of nitrogens with two attached hydrogens (primary N) is 1. The monoisotopic (exact) mass is 143 g/mol. The van der Waals surface area contributed by atoms with Crippen molar-refractivity contribution in [3.05, 3.63) is 11.8 Å². The molecule has 10 heavy (non-hydrogen) atoms. The van der Waals surface area contributed by atoms with Crippen LogP contribution in [-0.2, 0) is 0 Å². The van der Waals surface area contributed by atoms with Gasteiger partial charge in [0.1, 0.15) is 11.9 Å². The van der Waals surface area contributed by atoms with Gasteiger partial charge in [0.05, 0.1) is 0 Å². The van der Waals surface area contributed by atoms with Crippen molar-refractivity contribution >= 4 is 0 Å². The molecule has 0 saturated carbocycles. The molecule has 1 aliphatic carbocycles. The van der Waals surface area contributed by atoms with Crippen molar-refractivity contribution in [3.8, 4) is 0 Å². The van der Waals surface area contributed by atoms with E-state index < -0.39 is 6.10 Å². The lowest BCUT2D eigenvalue weighted by molar-refractivity contribution is 0.0878. The minimum absolute atomic E-state index is 0.0197. The van der Waals surface area contributed by atoms with Gasteiger partial charge in [-0.15, -0.1) is 0 Å². The molecule has 0 heterocycles. The molecule has 0 aromatic heterocycles. The van der Waals surface area contributed by atoms with Crippen LogP contribution in [0.3, 0.4) is 0 Å². The van der Waals surface area contributed by atoms with E-state index in [9.17, 15) is 5.11 Å². The molecule has 0 aromatic rings. The highest BCUT2D eigenvalue weighted by atomic mass is 16.3. The van der Waals surface area contributed by atoms with Crippen LogP contribution < -0.4 is 5.73 Å². The lowest BCUT2D eigenvalue weighted by Crippen LogP contribution is -2.33. The molecule has 0 spiro atoms. The summed E-state index contributed by atoms with van der Waals surface area (Å²) in [5, 5.41) is 18.2. The van der Waals surface area contributed by atoms with E-state index in [1.54, 1.807) is 0 Å². The molecule has 3 unspecified atom stereocenters. The Morgan fingerprint density at radius 2 is 2.30 bits per heavy atom. The van der Waals surface area contributed by atoms with Crippen molar-refractivity contribution in [1.29, 1.82) is 0 Å². The fourth-order valence-electron chi connectivity index (χ4n) is 1.24. The van der Waals surface area contributed by atoms with Gasteiger partial charge in [0.15, 0.2) is 0 Å². The number of aliphatic hydroxyl groups is 2. The van der Waals surface area contributed by atoms with Crippen molar-refractivity contribution in [2.45, 2.75) is 25.5 Å². The zero-order valence-corrected chi connectivity index (χ0v) is 5.99. The zero-order chi connectivity index (χ0) is 7.72. The minimum atomic E-state index is -0.709. The molecule has 0 fully saturated rings. The molecule has 0 radical (unpaired) electrons. The van der Waals surface area contributed by atoms with E-state index in [-0.39, 0.29) is 17.7 Å². The van der Waals surface area contributed by atoms with Gasteiger partial charge in [0.2, 0.25) is 0 Å². The van der Waals surface area contributed by atoms with Crippen LogP contribution in [0.4, 0.5) is 0 Å². The first kappa shape index (κ1) is 7.57. The van der Waals surface area contributed by atoms with Crippen molar-refractivity contribution in [3.63, 3.8) is 0 Å². The maximum atomic E-state index is 9.19.